The second-order valence-electron chi connectivity index (χ2n) is 5.24. The lowest BCUT2D eigenvalue weighted by molar-refractivity contribution is 0.252. The summed E-state index contributed by atoms with van der Waals surface area (Å²) in [5.41, 5.74) is 3.13. The molecule has 0 spiro atoms. The lowest BCUT2D eigenvalue weighted by Gasteiger charge is -2.12. The Morgan fingerprint density at radius 2 is 1.88 bits per heavy atom. The van der Waals surface area contributed by atoms with Crippen molar-refractivity contribution in [3.8, 4) is 0 Å². The van der Waals surface area contributed by atoms with E-state index >= 15 is 0 Å². The summed E-state index contributed by atoms with van der Waals surface area (Å²) in [6, 6.07) is 11.1. The Kier molecular flexibility index (Phi) is 4.51. The maximum absolute atomic E-state index is 11.9. The van der Waals surface area contributed by atoms with Crippen molar-refractivity contribution in [2.75, 3.05) is 17.2 Å². The molecule has 0 saturated heterocycles. The van der Waals surface area contributed by atoms with E-state index in [-0.39, 0.29) is 6.03 Å². The Morgan fingerprint density at radius 3 is 2.62 bits per heavy atom. The van der Waals surface area contributed by atoms with Gasteiger partial charge in [-0.2, -0.15) is 0 Å². The Labute approximate surface area is 139 Å². The van der Waals surface area contributed by atoms with E-state index in [1.807, 2.05) is 38.1 Å². The van der Waals surface area contributed by atoms with Gasteiger partial charge < -0.3 is 10.6 Å². The highest BCUT2D eigenvalue weighted by Crippen LogP contribution is 2.24. The van der Waals surface area contributed by atoms with Gasteiger partial charge in [-0.3, -0.25) is 5.32 Å². The van der Waals surface area contributed by atoms with E-state index in [2.05, 4.69) is 30.9 Å². The first-order valence-electron chi connectivity index (χ1n) is 7.67. The average molecular weight is 322 g/mol. The van der Waals surface area contributed by atoms with Gasteiger partial charge in [0.15, 0.2) is 17.3 Å². The second kappa shape index (κ2) is 6.91. The molecule has 0 aliphatic heterocycles. The predicted octanol–water partition coefficient (Wildman–Crippen LogP) is 3.22. The number of aryl methyl sites for hydroxylation is 1. The van der Waals surface area contributed by atoms with Crippen molar-refractivity contribution >= 4 is 34.5 Å². The number of nitrogens with one attached hydrogen (secondary N) is 3. The number of pyridine rings is 1. The number of hydrogen-bond donors (Lipinski definition) is 3. The number of hydrogen-bond acceptors (Lipinski definition) is 5. The zero-order chi connectivity index (χ0) is 16.9. The van der Waals surface area contributed by atoms with Crippen LogP contribution in [-0.2, 0) is 0 Å². The predicted molar refractivity (Wildman–Crippen MR) is 94.5 cm³/mol. The summed E-state index contributed by atoms with van der Waals surface area (Å²) < 4.78 is 0. The van der Waals surface area contributed by atoms with Gasteiger partial charge in [-0.25, -0.2) is 19.7 Å². The van der Waals surface area contributed by atoms with Gasteiger partial charge in [-0.05, 0) is 38.1 Å². The quantitative estimate of drug-likeness (QED) is 0.686. The second-order valence-corrected chi connectivity index (χ2v) is 5.24. The number of carbonyl (C=O) groups excluding carboxylic acids is 1. The number of urea groups is 1. The summed E-state index contributed by atoms with van der Waals surface area (Å²) in [6.07, 6.45) is 1.66. The number of aromatic nitrogens is 3. The van der Waals surface area contributed by atoms with Crippen molar-refractivity contribution < 1.29 is 4.79 Å². The highest BCUT2D eigenvalue weighted by molar-refractivity contribution is 5.93. The average Bonchev–Trinajstić information content (AvgIpc) is 2.57. The number of amides is 2. The number of rotatable bonds is 4. The van der Waals surface area contributed by atoms with Crippen LogP contribution in [0.25, 0.3) is 11.2 Å². The topological polar surface area (TPSA) is 91.8 Å². The molecule has 0 aliphatic carbocycles. The van der Waals surface area contributed by atoms with Crippen LogP contribution in [0.4, 0.5) is 22.1 Å². The van der Waals surface area contributed by atoms with Gasteiger partial charge in [0.05, 0.1) is 0 Å². The summed E-state index contributed by atoms with van der Waals surface area (Å²) in [5, 5.41) is 8.58. The maximum Gasteiger partial charge on any atom is 0.320 e. The Morgan fingerprint density at radius 1 is 1.08 bits per heavy atom. The van der Waals surface area contributed by atoms with Gasteiger partial charge in [0.1, 0.15) is 5.52 Å². The molecule has 7 heteroatoms. The summed E-state index contributed by atoms with van der Waals surface area (Å²) in [7, 11) is 0. The van der Waals surface area contributed by atoms with E-state index in [1.54, 1.807) is 18.3 Å². The van der Waals surface area contributed by atoms with Crippen molar-refractivity contribution in [1.82, 2.24) is 20.3 Å². The van der Waals surface area contributed by atoms with Gasteiger partial charge in [0.25, 0.3) is 0 Å². The van der Waals surface area contributed by atoms with Crippen molar-refractivity contribution in [3.05, 3.63) is 48.2 Å². The standard InChI is InChI=1S/C17H18N6O/c1-3-18-17(24)23-16-15(20-12-8-6-11(2)7-9-12)22-14-13(21-16)5-4-10-19-14/h4-10H,3H2,1-2H3,(H,19,20,22)(H2,18,21,23,24). The van der Waals surface area contributed by atoms with Crippen LogP contribution in [0, 0.1) is 6.92 Å². The molecule has 0 unspecified atom stereocenters. The minimum absolute atomic E-state index is 0.331. The van der Waals surface area contributed by atoms with Crippen LogP contribution in [0.15, 0.2) is 42.6 Å². The van der Waals surface area contributed by atoms with Gasteiger partial charge in [0, 0.05) is 18.4 Å². The Hall–Kier alpha value is -3.22. The van der Waals surface area contributed by atoms with Crippen LogP contribution in [0.5, 0.6) is 0 Å². The summed E-state index contributed by atoms with van der Waals surface area (Å²) in [6.45, 7) is 4.39. The number of benzene rings is 1. The lowest BCUT2D eigenvalue weighted by atomic mass is 10.2. The molecule has 2 heterocycles. The van der Waals surface area contributed by atoms with Crippen molar-refractivity contribution in [2.24, 2.45) is 0 Å². The van der Waals surface area contributed by atoms with E-state index < -0.39 is 0 Å². The molecule has 24 heavy (non-hydrogen) atoms. The van der Waals surface area contributed by atoms with Crippen molar-refractivity contribution in [2.45, 2.75) is 13.8 Å². The SMILES string of the molecule is CCNC(=O)Nc1nc2cccnc2nc1Nc1ccc(C)cc1. The van der Waals surface area contributed by atoms with Crippen LogP contribution >= 0.6 is 0 Å². The molecule has 1 aromatic carbocycles. The molecular weight excluding hydrogens is 304 g/mol. The number of carbonyl (C=O) groups is 1. The molecule has 7 nitrogen and oxygen atoms in total. The summed E-state index contributed by atoms with van der Waals surface area (Å²) >= 11 is 0. The summed E-state index contributed by atoms with van der Waals surface area (Å²) in [4.78, 5) is 25.0. The smallest absolute Gasteiger partial charge is 0.320 e. The molecule has 0 atom stereocenters. The van der Waals surface area contributed by atoms with Crippen LogP contribution in [0.1, 0.15) is 12.5 Å². The molecule has 3 aromatic rings. The molecule has 2 amide bonds. The molecule has 0 aliphatic rings. The van der Waals surface area contributed by atoms with Crippen LogP contribution in [0.2, 0.25) is 0 Å². The van der Waals surface area contributed by atoms with E-state index in [0.717, 1.165) is 11.3 Å². The zero-order valence-electron chi connectivity index (χ0n) is 13.5. The first-order valence-corrected chi connectivity index (χ1v) is 7.67. The molecule has 0 saturated carbocycles. The van der Waals surface area contributed by atoms with Crippen molar-refractivity contribution in [3.63, 3.8) is 0 Å². The lowest BCUT2D eigenvalue weighted by Crippen LogP contribution is -2.29. The highest BCUT2D eigenvalue weighted by atomic mass is 16.2. The Bertz CT molecular complexity index is 863. The molecule has 3 rings (SSSR count). The molecule has 0 bridgehead atoms. The zero-order valence-corrected chi connectivity index (χ0v) is 13.5. The van der Waals surface area contributed by atoms with E-state index in [9.17, 15) is 4.79 Å². The Balaban J connectivity index is 1.98. The van der Waals surface area contributed by atoms with Gasteiger partial charge >= 0.3 is 6.03 Å². The normalized spacial score (nSPS) is 10.4. The third kappa shape index (κ3) is 3.57. The first kappa shape index (κ1) is 15.7. The number of nitrogens with zero attached hydrogens (tertiary/aromatic N) is 3. The summed E-state index contributed by atoms with van der Waals surface area (Å²) in [5.74, 6) is 0.790. The largest absolute Gasteiger partial charge is 0.338 e. The fourth-order valence-electron chi connectivity index (χ4n) is 2.15. The van der Waals surface area contributed by atoms with Gasteiger partial charge in [-0.15, -0.1) is 0 Å². The maximum atomic E-state index is 11.9. The molecule has 0 fully saturated rings. The minimum Gasteiger partial charge on any atom is -0.338 e. The van der Waals surface area contributed by atoms with Crippen LogP contribution < -0.4 is 16.0 Å². The highest BCUT2D eigenvalue weighted by Gasteiger charge is 2.12. The monoisotopic (exact) mass is 322 g/mol. The molecule has 2 aromatic heterocycles. The molecule has 3 N–H and O–H groups in total. The van der Waals surface area contributed by atoms with Gasteiger partial charge in [-0.1, -0.05) is 17.7 Å². The molecule has 0 radical (unpaired) electrons. The minimum atomic E-state index is -0.331. The van der Waals surface area contributed by atoms with Crippen LogP contribution in [0.3, 0.4) is 0 Å². The van der Waals surface area contributed by atoms with E-state index in [4.69, 9.17) is 0 Å². The number of fused-ring (bicyclic) bond motifs is 1. The van der Waals surface area contributed by atoms with Crippen molar-refractivity contribution in [1.29, 1.82) is 0 Å². The van der Waals surface area contributed by atoms with E-state index in [0.29, 0.717) is 29.3 Å². The fourth-order valence-corrected chi connectivity index (χ4v) is 2.15. The number of anilines is 3. The molecule has 122 valence electrons. The third-order valence-electron chi connectivity index (χ3n) is 3.32. The first-order chi connectivity index (χ1) is 11.7. The van der Waals surface area contributed by atoms with E-state index in [1.165, 1.54) is 0 Å². The molecular formula is C17H18N6O. The fraction of sp³-hybridized carbons (Fsp3) is 0.176. The third-order valence-corrected chi connectivity index (χ3v) is 3.32. The van der Waals surface area contributed by atoms with Gasteiger partial charge in [0.2, 0.25) is 0 Å². The van der Waals surface area contributed by atoms with Crippen LogP contribution in [-0.4, -0.2) is 27.5 Å².